The molecule has 0 saturated heterocycles. The summed E-state index contributed by atoms with van der Waals surface area (Å²) < 4.78 is 0. The van der Waals surface area contributed by atoms with Crippen LogP contribution in [0.4, 0.5) is 0 Å². The van der Waals surface area contributed by atoms with Crippen LogP contribution in [0.2, 0.25) is 0 Å². The Balaban J connectivity index is 1.75. The summed E-state index contributed by atoms with van der Waals surface area (Å²) >= 11 is 0. The van der Waals surface area contributed by atoms with Gasteiger partial charge in [-0.05, 0) is 49.1 Å². The number of aryl methyl sites for hydroxylation is 1. The number of aliphatic hydroxyl groups is 1. The first kappa shape index (κ1) is 12.2. The Kier molecular flexibility index (Phi) is 3.38. The van der Waals surface area contributed by atoms with Crippen LogP contribution >= 0.6 is 0 Å². The molecule has 0 spiro atoms. The van der Waals surface area contributed by atoms with Crippen LogP contribution in [-0.2, 0) is 6.42 Å². The molecule has 1 aromatic rings. The van der Waals surface area contributed by atoms with Crippen molar-refractivity contribution in [3.8, 4) is 0 Å². The highest BCUT2D eigenvalue weighted by molar-refractivity contribution is 5.29. The summed E-state index contributed by atoms with van der Waals surface area (Å²) in [5, 5.41) is 10.7. The lowest BCUT2D eigenvalue weighted by atomic mass is 9.76. The van der Waals surface area contributed by atoms with Crippen molar-refractivity contribution < 1.29 is 5.11 Å². The molecule has 1 N–H and O–H groups in total. The highest BCUT2D eigenvalue weighted by Gasteiger charge is 2.35. The maximum atomic E-state index is 10.7. The van der Waals surface area contributed by atoms with Gasteiger partial charge in [0.2, 0.25) is 0 Å². The minimum atomic E-state index is -0.177. The maximum absolute atomic E-state index is 10.7. The fraction of sp³-hybridized carbons (Fsp3) is 0.688. The van der Waals surface area contributed by atoms with Crippen LogP contribution in [0.3, 0.4) is 0 Å². The molecule has 2 nitrogen and oxygen atoms in total. The van der Waals surface area contributed by atoms with E-state index in [-0.39, 0.29) is 12.0 Å². The summed E-state index contributed by atoms with van der Waals surface area (Å²) in [4.78, 5) is 4.52. The molecule has 4 unspecified atom stereocenters. The SMILES string of the molecule is CC1CCCC(C(O)C2CCc3cccnc32)C1. The van der Waals surface area contributed by atoms with E-state index in [0.717, 1.165) is 18.8 Å². The van der Waals surface area contributed by atoms with E-state index >= 15 is 0 Å². The minimum Gasteiger partial charge on any atom is -0.392 e. The van der Waals surface area contributed by atoms with Crippen LogP contribution < -0.4 is 0 Å². The number of rotatable bonds is 2. The third kappa shape index (κ3) is 2.18. The molecule has 98 valence electrons. The molecule has 0 radical (unpaired) electrons. The van der Waals surface area contributed by atoms with Crippen molar-refractivity contribution in [3.05, 3.63) is 29.6 Å². The lowest BCUT2D eigenvalue weighted by molar-refractivity contribution is 0.0485. The Bertz CT molecular complexity index is 417. The van der Waals surface area contributed by atoms with Gasteiger partial charge in [0, 0.05) is 17.8 Å². The molecular formula is C16H23NO. The van der Waals surface area contributed by atoms with E-state index in [1.54, 1.807) is 0 Å². The van der Waals surface area contributed by atoms with Gasteiger partial charge in [-0.1, -0.05) is 25.8 Å². The number of hydrogen-bond acceptors (Lipinski definition) is 2. The fourth-order valence-corrected chi connectivity index (χ4v) is 3.90. The van der Waals surface area contributed by atoms with Crippen molar-refractivity contribution in [3.63, 3.8) is 0 Å². The Hall–Kier alpha value is -0.890. The van der Waals surface area contributed by atoms with E-state index < -0.39 is 0 Å². The standard InChI is InChI=1S/C16H23NO/c1-11-4-2-5-13(10-11)16(18)14-8-7-12-6-3-9-17-15(12)14/h3,6,9,11,13-14,16,18H,2,4-5,7-8,10H2,1H3. The lowest BCUT2D eigenvalue weighted by Crippen LogP contribution is -2.30. The Labute approximate surface area is 109 Å². The molecular weight excluding hydrogens is 222 g/mol. The Morgan fingerprint density at radius 2 is 2.22 bits per heavy atom. The summed E-state index contributed by atoms with van der Waals surface area (Å²) in [5.41, 5.74) is 2.52. The molecule has 2 aliphatic rings. The topological polar surface area (TPSA) is 33.1 Å². The predicted octanol–water partition coefficient (Wildman–Crippen LogP) is 3.30. The Morgan fingerprint density at radius 1 is 1.33 bits per heavy atom. The van der Waals surface area contributed by atoms with Crippen molar-refractivity contribution in [2.45, 2.75) is 57.5 Å². The molecule has 4 atom stereocenters. The second-order valence-corrected chi connectivity index (χ2v) is 6.22. The zero-order chi connectivity index (χ0) is 12.5. The van der Waals surface area contributed by atoms with E-state index in [2.05, 4.69) is 18.0 Å². The number of aliphatic hydroxyl groups excluding tert-OH is 1. The van der Waals surface area contributed by atoms with Crippen LogP contribution in [0.1, 0.15) is 56.2 Å². The molecule has 0 bridgehead atoms. The summed E-state index contributed by atoms with van der Waals surface area (Å²) in [6, 6.07) is 4.18. The van der Waals surface area contributed by atoms with Gasteiger partial charge in [-0.2, -0.15) is 0 Å². The van der Waals surface area contributed by atoms with Crippen molar-refractivity contribution in [2.75, 3.05) is 0 Å². The third-order valence-electron chi connectivity index (χ3n) is 4.87. The van der Waals surface area contributed by atoms with E-state index in [9.17, 15) is 5.11 Å². The number of pyridine rings is 1. The highest BCUT2D eigenvalue weighted by atomic mass is 16.3. The van der Waals surface area contributed by atoms with Gasteiger partial charge in [-0.25, -0.2) is 0 Å². The van der Waals surface area contributed by atoms with Gasteiger partial charge in [0.25, 0.3) is 0 Å². The van der Waals surface area contributed by atoms with Crippen molar-refractivity contribution in [2.24, 2.45) is 11.8 Å². The van der Waals surface area contributed by atoms with Gasteiger partial charge in [-0.15, -0.1) is 0 Å². The summed E-state index contributed by atoms with van der Waals surface area (Å²) in [6.45, 7) is 2.32. The molecule has 0 aliphatic heterocycles. The average molecular weight is 245 g/mol. The van der Waals surface area contributed by atoms with Gasteiger partial charge < -0.3 is 5.11 Å². The molecule has 1 saturated carbocycles. The number of aromatic nitrogens is 1. The summed E-state index contributed by atoms with van der Waals surface area (Å²) in [6.07, 6.45) is 8.87. The molecule has 3 rings (SSSR count). The average Bonchev–Trinajstić information content (AvgIpc) is 2.82. The summed E-state index contributed by atoms with van der Waals surface area (Å²) in [7, 11) is 0. The van der Waals surface area contributed by atoms with Crippen LogP contribution in [0, 0.1) is 11.8 Å². The van der Waals surface area contributed by atoms with Crippen molar-refractivity contribution >= 4 is 0 Å². The molecule has 2 heteroatoms. The van der Waals surface area contributed by atoms with Crippen molar-refractivity contribution in [1.29, 1.82) is 0 Å². The predicted molar refractivity (Wildman–Crippen MR) is 72.4 cm³/mol. The van der Waals surface area contributed by atoms with Crippen molar-refractivity contribution in [1.82, 2.24) is 4.98 Å². The monoisotopic (exact) mass is 245 g/mol. The van der Waals surface area contributed by atoms with E-state index in [4.69, 9.17) is 0 Å². The highest BCUT2D eigenvalue weighted by Crippen LogP contribution is 2.41. The van der Waals surface area contributed by atoms with Crippen LogP contribution in [0.15, 0.2) is 18.3 Å². The van der Waals surface area contributed by atoms with E-state index in [1.165, 1.54) is 36.9 Å². The van der Waals surface area contributed by atoms with Crippen LogP contribution in [0.25, 0.3) is 0 Å². The molecule has 0 aromatic carbocycles. The fourth-order valence-electron chi connectivity index (χ4n) is 3.90. The second-order valence-electron chi connectivity index (χ2n) is 6.22. The molecule has 1 fully saturated rings. The first-order chi connectivity index (χ1) is 8.75. The van der Waals surface area contributed by atoms with Gasteiger partial charge in [0.05, 0.1) is 6.10 Å². The van der Waals surface area contributed by atoms with Gasteiger partial charge >= 0.3 is 0 Å². The molecule has 2 aliphatic carbocycles. The Morgan fingerprint density at radius 3 is 3.06 bits per heavy atom. The van der Waals surface area contributed by atoms with Crippen LogP contribution in [-0.4, -0.2) is 16.2 Å². The maximum Gasteiger partial charge on any atom is 0.0652 e. The molecule has 1 heterocycles. The quantitative estimate of drug-likeness (QED) is 0.867. The number of nitrogens with zero attached hydrogens (tertiary/aromatic N) is 1. The normalized spacial score (nSPS) is 33.1. The van der Waals surface area contributed by atoms with Crippen LogP contribution in [0.5, 0.6) is 0 Å². The molecule has 1 aromatic heterocycles. The first-order valence-electron chi connectivity index (χ1n) is 7.37. The zero-order valence-corrected chi connectivity index (χ0v) is 11.2. The smallest absolute Gasteiger partial charge is 0.0652 e. The van der Waals surface area contributed by atoms with Gasteiger partial charge in [-0.3, -0.25) is 4.98 Å². The molecule has 0 amide bonds. The number of hydrogen-bond donors (Lipinski definition) is 1. The number of fused-ring (bicyclic) bond motifs is 1. The molecule has 18 heavy (non-hydrogen) atoms. The van der Waals surface area contributed by atoms with E-state index in [0.29, 0.717) is 5.92 Å². The first-order valence-corrected chi connectivity index (χ1v) is 7.37. The van der Waals surface area contributed by atoms with E-state index in [1.807, 2.05) is 12.3 Å². The largest absolute Gasteiger partial charge is 0.392 e. The lowest BCUT2D eigenvalue weighted by Gasteiger charge is -2.33. The third-order valence-corrected chi connectivity index (χ3v) is 4.87. The zero-order valence-electron chi connectivity index (χ0n) is 11.2. The summed E-state index contributed by atoms with van der Waals surface area (Å²) in [5.74, 6) is 1.56. The van der Waals surface area contributed by atoms with Gasteiger partial charge in [0.15, 0.2) is 0 Å². The second kappa shape index (κ2) is 5.00. The van der Waals surface area contributed by atoms with Gasteiger partial charge in [0.1, 0.15) is 0 Å². The minimum absolute atomic E-state index is 0.177.